The Kier molecular flexibility index (Phi) is 4.26. The van der Waals surface area contributed by atoms with Crippen LogP contribution in [-0.2, 0) is 10.2 Å². The SMILES string of the molecule is CC(C)(c1ccccc1)c1ccc(OC(=O)C(F)(F)F)cc1. The molecule has 0 unspecified atom stereocenters. The van der Waals surface area contributed by atoms with Crippen molar-refractivity contribution in [2.24, 2.45) is 0 Å². The van der Waals surface area contributed by atoms with Gasteiger partial charge in [0.05, 0.1) is 0 Å². The normalized spacial score (nSPS) is 12.0. The fourth-order valence-electron chi connectivity index (χ4n) is 2.13. The van der Waals surface area contributed by atoms with Crippen molar-refractivity contribution in [2.75, 3.05) is 0 Å². The Morgan fingerprint density at radius 3 is 1.86 bits per heavy atom. The van der Waals surface area contributed by atoms with E-state index < -0.39 is 12.1 Å². The average molecular weight is 308 g/mol. The van der Waals surface area contributed by atoms with Crippen LogP contribution >= 0.6 is 0 Å². The summed E-state index contributed by atoms with van der Waals surface area (Å²) in [6.45, 7) is 4.03. The van der Waals surface area contributed by atoms with E-state index in [1.165, 1.54) is 12.1 Å². The van der Waals surface area contributed by atoms with Crippen LogP contribution < -0.4 is 4.74 Å². The maximum absolute atomic E-state index is 12.2. The van der Waals surface area contributed by atoms with Gasteiger partial charge in [-0.25, -0.2) is 4.79 Å². The lowest BCUT2D eigenvalue weighted by Crippen LogP contribution is -2.28. The fourth-order valence-corrected chi connectivity index (χ4v) is 2.13. The van der Waals surface area contributed by atoms with Gasteiger partial charge in [0.1, 0.15) is 5.75 Å². The molecule has 0 heterocycles. The van der Waals surface area contributed by atoms with Crippen molar-refractivity contribution in [3.8, 4) is 5.75 Å². The third-order valence-corrected chi connectivity index (χ3v) is 3.51. The van der Waals surface area contributed by atoms with Crippen LogP contribution in [0.3, 0.4) is 0 Å². The molecule has 0 aliphatic carbocycles. The van der Waals surface area contributed by atoms with Crippen molar-refractivity contribution in [3.05, 3.63) is 65.7 Å². The van der Waals surface area contributed by atoms with Gasteiger partial charge in [0.25, 0.3) is 0 Å². The van der Waals surface area contributed by atoms with Crippen molar-refractivity contribution in [1.29, 1.82) is 0 Å². The van der Waals surface area contributed by atoms with E-state index in [2.05, 4.69) is 4.74 Å². The van der Waals surface area contributed by atoms with E-state index in [1.54, 1.807) is 12.1 Å². The lowest BCUT2D eigenvalue weighted by Gasteiger charge is -2.26. The standard InChI is InChI=1S/C17H15F3O2/c1-16(2,12-6-4-3-5-7-12)13-8-10-14(11-9-13)22-15(21)17(18,19)20/h3-11H,1-2H3. The molecule has 0 saturated carbocycles. The number of carbonyl (C=O) groups is 1. The fraction of sp³-hybridized carbons (Fsp3) is 0.235. The summed E-state index contributed by atoms with van der Waals surface area (Å²) in [5.74, 6) is -2.35. The van der Waals surface area contributed by atoms with Crippen LogP contribution in [0.4, 0.5) is 13.2 Å². The second kappa shape index (κ2) is 5.83. The summed E-state index contributed by atoms with van der Waals surface area (Å²) in [6.07, 6.45) is -5.00. The van der Waals surface area contributed by atoms with E-state index in [0.717, 1.165) is 11.1 Å². The first-order valence-electron chi connectivity index (χ1n) is 6.66. The third-order valence-electron chi connectivity index (χ3n) is 3.51. The van der Waals surface area contributed by atoms with E-state index >= 15 is 0 Å². The van der Waals surface area contributed by atoms with Gasteiger partial charge in [0, 0.05) is 5.41 Å². The number of hydrogen-bond acceptors (Lipinski definition) is 2. The summed E-state index contributed by atoms with van der Waals surface area (Å²) < 4.78 is 40.7. The van der Waals surface area contributed by atoms with Crippen LogP contribution in [0.5, 0.6) is 5.75 Å². The van der Waals surface area contributed by atoms with Crippen LogP contribution in [0.15, 0.2) is 54.6 Å². The third kappa shape index (κ3) is 3.47. The van der Waals surface area contributed by atoms with Crippen molar-refractivity contribution < 1.29 is 22.7 Å². The van der Waals surface area contributed by atoms with Gasteiger partial charge in [-0.05, 0) is 23.3 Å². The lowest BCUT2D eigenvalue weighted by molar-refractivity contribution is -0.189. The van der Waals surface area contributed by atoms with Crippen LogP contribution in [0, 0.1) is 0 Å². The maximum Gasteiger partial charge on any atom is 0.491 e. The summed E-state index contributed by atoms with van der Waals surface area (Å²) in [7, 11) is 0. The first-order chi connectivity index (χ1) is 10.2. The number of esters is 1. The number of benzene rings is 2. The molecule has 0 saturated heterocycles. The first-order valence-corrected chi connectivity index (χ1v) is 6.66. The predicted molar refractivity (Wildman–Crippen MR) is 76.7 cm³/mol. The number of rotatable bonds is 3. The Morgan fingerprint density at radius 2 is 1.36 bits per heavy atom. The number of ether oxygens (including phenoxy) is 1. The largest absolute Gasteiger partial charge is 0.491 e. The molecule has 0 aliphatic heterocycles. The molecular formula is C17H15F3O2. The number of carbonyl (C=O) groups excluding carboxylic acids is 1. The van der Waals surface area contributed by atoms with E-state index in [1.807, 2.05) is 44.2 Å². The topological polar surface area (TPSA) is 26.3 Å². The van der Waals surface area contributed by atoms with Crippen molar-refractivity contribution in [3.63, 3.8) is 0 Å². The summed E-state index contributed by atoms with van der Waals surface area (Å²) in [5, 5.41) is 0. The summed E-state index contributed by atoms with van der Waals surface area (Å²) in [5.41, 5.74) is 1.67. The molecule has 0 amide bonds. The first kappa shape index (κ1) is 16.1. The van der Waals surface area contributed by atoms with Gasteiger partial charge in [-0.15, -0.1) is 0 Å². The van der Waals surface area contributed by atoms with E-state index in [-0.39, 0.29) is 11.2 Å². The molecule has 2 rings (SSSR count). The van der Waals surface area contributed by atoms with Crippen LogP contribution in [0.2, 0.25) is 0 Å². The molecule has 22 heavy (non-hydrogen) atoms. The lowest BCUT2D eigenvalue weighted by atomic mass is 9.78. The van der Waals surface area contributed by atoms with Crippen LogP contribution in [0.1, 0.15) is 25.0 Å². The van der Waals surface area contributed by atoms with Gasteiger partial charge < -0.3 is 4.74 Å². The van der Waals surface area contributed by atoms with E-state index in [4.69, 9.17) is 0 Å². The quantitative estimate of drug-likeness (QED) is 0.617. The predicted octanol–water partition coefficient (Wildman–Crippen LogP) is 4.48. The highest BCUT2D eigenvalue weighted by molar-refractivity contribution is 5.78. The molecule has 0 N–H and O–H groups in total. The Labute approximate surface area is 126 Å². The molecule has 0 atom stereocenters. The van der Waals surface area contributed by atoms with Crippen molar-refractivity contribution in [1.82, 2.24) is 0 Å². The maximum atomic E-state index is 12.2. The summed E-state index contributed by atoms with van der Waals surface area (Å²) in [6, 6.07) is 15.8. The Morgan fingerprint density at radius 1 is 0.864 bits per heavy atom. The van der Waals surface area contributed by atoms with Gasteiger partial charge >= 0.3 is 12.1 Å². The highest BCUT2D eigenvalue weighted by atomic mass is 19.4. The van der Waals surface area contributed by atoms with Gasteiger partial charge in [0.2, 0.25) is 0 Å². The number of halogens is 3. The molecule has 0 radical (unpaired) electrons. The van der Waals surface area contributed by atoms with E-state index in [9.17, 15) is 18.0 Å². The smallest absolute Gasteiger partial charge is 0.420 e. The molecule has 5 heteroatoms. The van der Waals surface area contributed by atoms with Crippen LogP contribution in [0.25, 0.3) is 0 Å². The van der Waals surface area contributed by atoms with Crippen molar-refractivity contribution in [2.45, 2.75) is 25.4 Å². The zero-order chi connectivity index (χ0) is 16.4. The van der Waals surface area contributed by atoms with Gasteiger partial charge in [0.15, 0.2) is 0 Å². The molecule has 2 nitrogen and oxygen atoms in total. The van der Waals surface area contributed by atoms with Gasteiger partial charge in [-0.3, -0.25) is 0 Å². The molecule has 2 aromatic carbocycles. The minimum Gasteiger partial charge on any atom is -0.420 e. The molecule has 0 bridgehead atoms. The van der Waals surface area contributed by atoms with Gasteiger partial charge in [-0.1, -0.05) is 56.3 Å². The Bertz CT molecular complexity index is 644. The molecular weight excluding hydrogens is 293 g/mol. The minimum atomic E-state index is -5.00. The van der Waals surface area contributed by atoms with Crippen molar-refractivity contribution >= 4 is 5.97 Å². The average Bonchev–Trinajstić information content (AvgIpc) is 2.48. The molecule has 0 aliphatic rings. The second-order valence-electron chi connectivity index (χ2n) is 5.40. The van der Waals surface area contributed by atoms with E-state index in [0.29, 0.717) is 0 Å². The second-order valence-corrected chi connectivity index (χ2v) is 5.40. The summed E-state index contributed by atoms with van der Waals surface area (Å²) >= 11 is 0. The zero-order valence-corrected chi connectivity index (χ0v) is 12.1. The number of alkyl halides is 3. The minimum absolute atomic E-state index is 0.130. The Hall–Kier alpha value is -2.30. The Balaban J connectivity index is 2.20. The highest BCUT2D eigenvalue weighted by Crippen LogP contribution is 2.32. The molecule has 2 aromatic rings. The summed E-state index contributed by atoms with van der Waals surface area (Å²) in [4.78, 5) is 10.8. The monoisotopic (exact) mass is 308 g/mol. The number of hydrogen-bond donors (Lipinski definition) is 0. The van der Waals surface area contributed by atoms with Crippen LogP contribution in [-0.4, -0.2) is 12.1 Å². The molecule has 0 aromatic heterocycles. The highest BCUT2D eigenvalue weighted by Gasteiger charge is 2.41. The van der Waals surface area contributed by atoms with Gasteiger partial charge in [-0.2, -0.15) is 13.2 Å². The molecule has 0 fully saturated rings. The zero-order valence-electron chi connectivity index (χ0n) is 12.1. The molecule has 116 valence electrons. The molecule has 0 spiro atoms.